The lowest BCUT2D eigenvalue weighted by Crippen LogP contribution is -2.29. The highest BCUT2D eigenvalue weighted by atomic mass is 15.2. The lowest BCUT2D eigenvalue weighted by atomic mass is 9.72. The van der Waals surface area contributed by atoms with Gasteiger partial charge in [0.25, 0.3) is 0 Å². The van der Waals surface area contributed by atoms with E-state index in [0.29, 0.717) is 5.92 Å². The summed E-state index contributed by atoms with van der Waals surface area (Å²) in [5, 5.41) is 7.78. The van der Waals surface area contributed by atoms with Crippen molar-refractivity contribution in [3.63, 3.8) is 0 Å². The molecule has 0 N–H and O–H groups in total. The van der Waals surface area contributed by atoms with Crippen molar-refractivity contribution in [2.45, 2.75) is 94.9 Å². The van der Waals surface area contributed by atoms with Gasteiger partial charge in [0.15, 0.2) is 0 Å². The summed E-state index contributed by atoms with van der Waals surface area (Å²) in [5.41, 5.74) is 36.3. The Balaban J connectivity index is 0.603. The highest BCUT2D eigenvalue weighted by Crippen LogP contribution is 2.61. The van der Waals surface area contributed by atoms with E-state index < -0.39 is 0 Å². The second kappa shape index (κ2) is 19.4. The molecule has 0 bridgehead atoms. The van der Waals surface area contributed by atoms with Gasteiger partial charge in [0, 0.05) is 88.8 Å². The van der Waals surface area contributed by atoms with E-state index in [2.05, 4.69) is 353 Å². The Morgan fingerprint density at radius 1 is 0.300 bits per heavy atom. The van der Waals surface area contributed by atoms with Crippen LogP contribution in [0.2, 0.25) is 0 Å². The second-order valence-corrected chi connectivity index (χ2v) is 32.0. The fraction of sp³-hybridized carbons (Fsp3) is 0.167. The van der Waals surface area contributed by atoms with Crippen LogP contribution in [0.25, 0.3) is 121 Å². The fourth-order valence-corrected chi connectivity index (χ4v) is 20.6. The predicted octanol–water partition coefficient (Wildman–Crippen LogP) is 24.3. The minimum atomic E-state index is -0.218. The smallest absolute Gasteiger partial charge is 0.0629 e. The Labute approximate surface area is 583 Å². The molecule has 0 radical (unpaired) electrons. The molecule has 4 nitrogen and oxygen atoms in total. The van der Waals surface area contributed by atoms with Crippen LogP contribution in [0, 0.1) is 5.92 Å². The van der Waals surface area contributed by atoms with E-state index in [1.165, 1.54) is 188 Å². The minimum Gasteiger partial charge on any atom is -0.333 e. The number of hydrogen-bond acceptors (Lipinski definition) is 1. The third kappa shape index (κ3) is 7.25. The van der Waals surface area contributed by atoms with Crippen molar-refractivity contribution in [1.82, 2.24) is 13.7 Å². The lowest BCUT2D eigenvalue weighted by Gasteiger charge is -2.31. The van der Waals surface area contributed by atoms with E-state index in [1.54, 1.807) is 0 Å². The molecular formula is C96H74N4. The molecule has 478 valence electrons. The average molecular weight is 1280 g/mol. The molecule has 0 amide bonds. The maximum atomic E-state index is 2.69. The molecule has 12 aromatic carbocycles. The summed E-state index contributed by atoms with van der Waals surface area (Å²) in [6.07, 6.45) is 17.1. The zero-order valence-corrected chi connectivity index (χ0v) is 57.7. The number of fused-ring (bicyclic) bond motifs is 24. The first-order valence-electron chi connectivity index (χ1n) is 36.1. The largest absolute Gasteiger partial charge is 0.333 e. The Morgan fingerprint density at radius 2 is 0.740 bits per heavy atom. The normalized spacial score (nSPS) is 19.8. The molecule has 4 unspecified atom stereocenters. The number of rotatable bonds is 5. The minimum absolute atomic E-state index is 0.0899. The van der Waals surface area contributed by atoms with E-state index in [9.17, 15) is 0 Å². The zero-order valence-electron chi connectivity index (χ0n) is 57.7. The number of aromatic nitrogens is 3. The van der Waals surface area contributed by atoms with Crippen molar-refractivity contribution < 1.29 is 0 Å². The summed E-state index contributed by atoms with van der Waals surface area (Å²) in [5.74, 6) is 0.829. The Hall–Kier alpha value is -11.2. The van der Waals surface area contributed by atoms with E-state index in [4.69, 9.17) is 0 Å². The van der Waals surface area contributed by atoms with Crippen molar-refractivity contribution in [2.75, 3.05) is 4.90 Å². The molecule has 6 aliphatic carbocycles. The molecule has 4 heteroatoms. The van der Waals surface area contributed by atoms with Gasteiger partial charge in [-0.1, -0.05) is 219 Å². The Kier molecular flexibility index (Phi) is 11.0. The average Bonchev–Trinajstić information content (AvgIpc) is 1.55. The molecule has 0 spiro atoms. The third-order valence-corrected chi connectivity index (χ3v) is 25.6. The molecule has 4 heterocycles. The first kappa shape index (κ1) is 56.8. The van der Waals surface area contributed by atoms with Gasteiger partial charge < -0.3 is 18.6 Å². The number of hydrogen-bond donors (Lipinski definition) is 0. The van der Waals surface area contributed by atoms with Crippen LogP contribution >= 0.6 is 0 Å². The molecule has 0 fully saturated rings. The van der Waals surface area contributed by atoms with Gasteiger partial charge in [0.1, 0.15) is 0 Å². The molecule has 100 heavy (non-hydrogen) atoms. The topological polar surface area (TPSA) is 18.0 Å². The maximum absolute atomic E-state index is 2.69. The molecular weight excluding hydrogens is 1210 g/mol. The van der Waals surface area contributed by atoms with Crippen LogP contribution in [-0.2, 0) is 21.7 Å². The van der Waals surface area contributed by atoms with Crippen molar-refractivity contribution in [3.8, 4) is 50.4 Å². The van der Waals surface area contributed by atoms with E-state index in [1.807, 2.05) is 0 Å². The Morgan fingerprint density at radius 3 is 1.27 bits per heavy atom. The van der Waals surface area contributed by atoms with Crippen LogP contribution in [0.4, 0.5) is 11.4 Å². The van der Waals surface area contributed by atoms with Crippen LogP contribution in [0.1, 0.15) is 123 Å². The number of anilines is 2. The highest BCUT2D eigenvalue weighted by Gasteiger charge is 2.49. The molecule has 22 rings (SSSR count). The molecule has 4 atom stereocenters. The monoisotopic (exact) mass is 1280 g/mol. The number of benzene rings is 12. The van der Waals surface area contributed by atoms with Gasteiger partial charge >= 0.3 is 0 Å². The van der Waals surface area contributed by atoms with Crippen molar-refractivity contribution in [3.05, 3.63) is 335 Å². The van der Waals surface area contributed by atoms with Crippen LogP contribution in [0.5, 0.6) is 0 Å². The van der Waals surface area contributed by atoms with E-state index >= 15 is 0 Å². The van der Waals surface area contributed by atoms with Gasteiger partial charge in [-0.05, 0) is 221 Å². The lowest BCUT2D eigenvalue weighted by molar-refractivity contribution is 0.395. The first-order chi connectivity index (χ1) is 48.6. The highest BCUT2D eigenvalue weighted by molar-refractivity contribution is 6.14. The van der Waals surface area contributed by atoms with Gasteiger partial charge in [-0.25, -0.2) is 0 Å². The summed E-state index contributed by atoms with van der Waals surface area (Å²) in [6, 6.07) is 91.2. The molecule has 15 aromatic rings. The molecule has 0 saturated carbocycles. The van der Waals surface area contributed by atoms with Gasteiger partial charge in [0.05, 0.1) is 39.1 Å². The summed E-state index contributed by atoms with van der Waals surface area (Å²) in [4.78, 5) is 2.69. The molecule has 3 aromatic heterocycles. The molecule has 0 saturated heterocycles. The standard InChI is InChI=1S/C96H74N4/c1-93(2)77-43-55(35-39-61(77)69-53-91-75(49-81(69)93)67-29-17-21-33-87(67)99(91)59-37-41-63-71-51-89-73(47-83(71)95(5,6)79(63)45-59)65-27-15-19-31-85(65)97(89)57-23-11-9-12-24-57)56-36-40-62-70-54-92-76(50-82(70)94(3,4)78(62)44-56)68-30-18-22-34-88(68)100(92)60-38-42-64-72-52-90-74(48-84(72)96(7,8)80(64)46-60)66-28-16-20-32-86(66)98(90)58-25-13-10-14-26-58/h9-54,61,67,77,87H,1-8H3. The summed E-state index contributed by atoms with van der Waals surface area (Å²) < 4.78 is 7.46. The maximum Gasteiger partial charge on any atom is 0.0629 e. The predicted molar refractivity (Wildman–Crippen MR) is 418 cm³/mol. The quantitative estimate of drug-likeness (QED) is 0.168. The number of nitrogens with zero attached hydrogens (tertiary/aromatic N) is 4. The zero-order chi connectivity index (χ0) is 66.8. The second-order valence-electron chi connectivity index (χ2n) is 32.0. The van der Waals surface area contributed by atoms with Gasteiger partial charge in [0.2, 0.25) is 0 Å². The van der Waals surface area contributed by atoms with Crippen LogP contribution < -0.4 is 4.90 Å². The van der Waals surface area contributed by atoms with Gasteiger partial charge in [-0.3, -0.25) is 0 Å². The Bertz CT molecular complexity index is 6360. The number of para-hydroxylation sites is 5. The van der Waals surface area contributed by atoms with Crippen LogP contribution in [0.15, 0.2) is 279 Å². The summed E-state index contributed by atoms with van der Waals surface area (Å²) in [6.45, 7) is 19.7. The van der Waals surface area contributed by atoms with E-state index in [0.717, 1.165) is 0 Å². The van der Waals surface area contributed by atoms with Gasteiger partial charge in [-0.2, -0.15) is 0 Å². The first-order valence-corrected chi connectivity index (χ1v) is 36.1. The fourth-order valence-electron chi connectivity index (χ4n) is 20.6. The summed E-state index contributed by atoms with van der Waals surface area (Å²) >= 11 is 0. The molecule has 1 aliphatic heterocycles. The van der Waals surface area contributed by atoms with Crippen molar-refractivity contribution in [2.24, 2.45) is 5.92 Å². The number of allylic oxidation sites excluding steroid dienone is 6. The summed E-state index contributed by atoms with van der Waals surface area (Å²) in [7, 11) is 0. The van der Waals surface area contributed by atoms with Crippen LogP contribution in [0.3, 0.4) is 0 Å². The van der Waals surface area contributed by atoms with Crippen molar-refractivity contribution in [1.29, 1.82) is 0 Å². The van der Waals surface area contributed by atoms with E-state index in [-0.39, 0.29) is 39.5 Å². The molecule has 7 aliphatic rings. The third-order valence-electron chi connectivity index (χ3n) is 25.6. The van der Waals surface area contributed by atoms with Crippen molar-refractivity contribution >= 4 is 82.4 Å². The van der Waals surface area contributed by atoms with Gasteiger partial charge in [-0.15, -0.1) is 0 Å². The SMILES string of the molecule is CC1(C)c2cc(C3=CC4C(C=C3)c3cc5c(cc3C4(C)C)C3C=CC=CC3N5c3ccc4c(c3)C(C)(C)c3cc5c6ccccc6n(-c6ccccc6)c5cc3-4)ccc2-c2cc3c(cc21)c1ccccc1n3-c1ccc2c(c1)C(C)(C)c1cc3c4ccccc4n(-c4ccccc4)c3cc1-2. The van der Waals surface area contributed by atoms with Crippen LogP contribution in [-0.4, -0.2) is 19.7 Å².